The van der Waals surface area contributed by atoms with E-state index in [1.807, 2.05) is 0 Å². The minimum absolute atomic E-state index is 0.181. The third-order valence-electron chi connectivity index (χ3n) is 3.96. The number of aromatic nitrogens is 1. The summed E-state index contributed by atoms with van der Waals surface area (Å²) in [5, 5.41) is 12.3. The Morgan fingerprint density at radius 3 is 2.43 bits per heavy atom. The second-order valence-corrected chi connectivity index (χ2v) is 5.43. The van der Waals surface area contributed by atoms with Crippen molar-refractivity contribution in [2.45, 2.75) is 38.3 Å². The fourth-order valence-electron chi connectivity index (χ4n) is 2.62. The van der Waals surface area contributed by atoms with Crippen LogP contribution in [0.15, 0.2) is 18.3 Å². The molecule has 1 fully saturated rings. The Morgan fingerprint density at radius 2 is 1.95 bits per heavy atom. The summed E-state index contributed by atoms with van der Waals surface area (Å²) < 4.78 is 37.3. The number of aliphatic carboxylic acids is 1. The molecule has 0 unspecified atom stereocenters. The lowest BCUT2D eigenvalue weighted by Gasteiger charge is -2.33. The van der Waals surface area contributed by atoms with Crippen molar-refractivity contribution in [1.29, 1.82) is 0 Å². The molecule has 2 rings (SSSR count). The van der Waals surface area contributed by atoms with Crippen LogP contribution in [0.1, 0.15) is 37.7 Å². The van der Waals surface area contributed by atoms with E-state index in [1.54, 1.807) is 0 Å². The summed E-state index contributed by atoms with van der Waals surface area (Å²) in [7, 11) is 0. The average Bonchev–Trinajstić information content (AvgIpc) is 2.45. The van der Waals surface area contributed by atoms with Crippen molar-refractivity contribution in [3.05, 3.63) is 23.9 Å². The van der Waals surface area contributed by atoms with E-state index < -0.39 is 23.1 Å². The van der Waals surface area contributed by atoms with Gasteiger partial charge in [-0.1, -0.05) is 19.3 Å². The summed E-state index contributed by atoms with van der Waals surface area (Å²) >= 11 is 0. The number of carboxylic acids is 1. The number of alkyl halides is 3. The first-order chi connectivity index (χ1) is 9.83. The van der Waals surface area contributed by atoms with E-state index in [0.717, 1.165) is 31.5 Å². The van der Waals surface area contributed by atoms with Crippen molar-refractivity contribution < 1.29 is 23.1 Å². The number of halogens is 3. The molecule has 0 aliphatic heterocycles. The minimum Gasteiger partial charge on any atom is -0.481 e. The largest absolute Gasteiger partial charge is 0.481 e. The number of pyridine rings is 1. The van der Waals surface area contributed by atoms with E-state index in [4.69, 9.17) is 0 Å². The second-order valence-electron chi connectivity index (χ2n) is 5.43. The van der Waals surface area contributed by atoms with Crippen molar-refractivity contribution in [3.8, 4) is 0 Å². The molecule has 1 saturated carbocycles. The van der Waals surface area contributed by atoms with E-state index in [-0.39, 0.29) is 12.4 Å². The Kier molecular flexibility index (Phi) is 4.39. The van der Waals surface area contributed by atoms with Gasteiger partial charge in [0.1, 0.15) is 5.82 Å². The van der Waals surface area contributed by atoms with Crippen LogP contribution in [0.3, 0.4) is 0 Å². The molecule has 1 aliphatic carbocycles. The zero-order chi connectivity index (χ0) is 15.5. The number of hydrogen-bond acceptors (Lipinski definition) is 3. The summed E-state index contributed by atoms with van der Waals surface area (Å²) in [6.45, 7) is 0.181. The van der Waals surface area contributed by atoms with Crippen LogP contribution >= 0.6 is 0 Å². The monoisotopic (exact) mass is 302 g/mol. The highest BCUT2D eigenvalue weighted by Crippen LogP contribution is 2.37. The van der Waals surface area contributed by atoms with Crippen molar-refractivity contribution >= 4 is 11.8 Å². The van der Waals surface area contributed by atoms with Crippen LogP contribution in [-0.4, -0.2) is 22.6 Å². The van der Waals surface area contributed by atoms with Crippen molar-refractivity contribution in [1.82, 2.24) is 4.98 Å². The van der Waals surface area contributed by atoms with Gasteiger partial charge in [0.15, 0.2) is 0 Å². The lowest BCUT2D eigenvalue weighted by Crippen LogP contribution is -2.39. The normalized spacial score (nSPS) is 18.2. The van der Waals surface area contributed by atoms with Gasteiger partial charge in [-0.3, -0.25) is 4.79 Å². The maximum Gasteiger partial charge on any atom is 0.417 e. The number of rotatable bonds is 4. The number of carboxylic acid groups (broad SMARTS) is 1. The number of anilines is 1. The Balaban J connectivity index is 2.03. The fraction of sp³-hybridized carbons (Fsp3) is 0.571. The molecule has 1 aromatic heterocycles. The van der Waals surface area contributed by atoms with Crippen molar-refractivity contribution in [3.63, 3.8) is 0 Å². The Bertz CT molecular complexity index is 494. The van der Waals surface area contributed by atoms with Crippen molar-refractivity contribution in [2.24, 2.45) is 5.41 Å². The molecule has 116 valence electrons. The van der Waals surface area contributed by atoms with E-state index >= 15 is 0 Å². The molecule has 21 heavy (non-hydrogen) atoms. The predicted molar refractivity (Wildman–Crippen MR) is 70.9 cm³/mol. The van der Waals surface area contributed by atoms with E-state index in [1.165, 1.54) is 6.07 Å². The molecule has 1 aromatic rings. The Labute approximate surface area is 120 Å². The number of nitrogens with zero attached hydrogens (tertiary/aromatic N) is 1. The standard InChI is InChI=1S/C14H17F3N2O2/c15-14(16,17)10-4-5-11(18-8-10)19-9-13(12(20)21)6-2-1-3-7-13/h4-5,8H,1-3,6-7,9H2,(H,18,19)(H,20,21). The van der Waals surface area contributed by atoms with Gasteiger partial charge in [0.05, 0.1) is 11.0 Å². The molecule has 4 nitrogen and oxygen atoms in total. The molecular formula is C14H17F3N2O2. The molecule has 0 bridgehead atoms. The molecule has 2 N–H and O–H groups in total. The minimum atomic E-state index is -4.42. The summed E-state index contributed by atoms with van der Waals surface area (Å²) in [5.74, 6) is -0.601. The molecule has 1 aliphatic rings. The average molecular weight is 302 g/mol. The highest BCUT2D eigenvalue weighted by molar-refractivity contribution is 5.75. The first kappa shape index (κ1) is 15.6. The van der Waals surface area contributed by atoms with E-state index in [0.29, 0.717) is 12.8 Å². The summed E-state index contributed by atoms with van der Waals surface area (Å²) in [4.78, 5) is 15.2. The molecule has 1 heterocycles. The lowest BCUT2D eigenvalue weighted by atomic mass is 9.74. The predicted octanol–water partition coefficient (Wildman–Crippen LogP) is 3.55. The highest BCUT2D eigenvalue weighted by Gasteiger charge is 2.39. The quantitative estimate of drug-likeness (QED) is 0.893. The highest BCUT2D eigenvalue weighted by atomic mass is 19.4. The van der Waals surface area contributed by atoms with Crippen LogP contribution in [0.4, 0.5) is 19.0 Å². The topological polar surface area (TPSA) is 62.2 Å². The molecule has 0 atom stereocenters. The lowest BCUT2D eigenvalue weighted by molar-refractivity contribution is -0.150. The van der Waals surface area contributed by atoms with Crippen LogP contribution in [0.2, 0.25) is 0 Å². The Hall–Kier alpha value is -1.79. The number of carbonyl (C=O) groups is 1. The smallest absolute Gasteiger partial charge is 0.417 e. The number of nitrogens with one attached hydrogen (secondary N) is 1. The van der Waals surface area contributed by atoms with Crippen LogP contribution in [-0.2, 0) is 11.0 Å². The fourth-order valence-corrected chi connectivity index (χ4v) is 2.62. The molecule has 7 heteroatoms. The zero-order valence-corrected chi connectivity index (χ0v) is 11.4. The van der Waals surface area contributed by atoms with Gasteiger partial charge in [-0.2, -0.15) is 13.2 Å². The SMILES string of the molecule is O=C(O)C1(CNc2ccc(C(F)(F)F)cn2)CCCCC1. The third-order valence-corrected chi connectivity index (χ3v) is 3.96. The van der Waals surface area contributed by atoms with Crippen LogP contribution in [0, 0.1) is 5.41 Å². The van der Waals surface area contributed by atoms with Gasteiger partial charge in [-0.25, -0.2) is 4.98 Å². The third kappa shape index (κ3) is 3.65. The van der Waals surface area contributed by atoms with E-state index in [9.17, 15) is 23.1 Å². The first-order valence-electron chi connectivity index (χ1n) is 6.84. The number of hydrogen-bond donors (Lipinski definition) is 2. The summed E-state index contributed by atoms with van der Waals surface area (Å²) in [5.41, 5.74) is -1.67. The summed E-state index contributed by atoms with van der Waals surface area (Å²) in [6, 6.07) is 2.16. The Morgan fingerprint density at radius 1 is 1.29 bits per heavy atom. The van der Waals surface area contributed by atoms with Crippen LogP contribution in [0.25, 0.3) is 0 Å². The van der Waals surface area contributed by atoms with Gasteiger partial charge in [0.2, 0.25) is 0 Å². The maximum atomic E-state index is 12.4. The van der Waals surface area contributed by atoms with Gasteiger partial charge in [-0.15, -0.1) is 0 Å². The van der Waals surface area contributed by atoms with Gasteiger partial charge >= 0.3 is 12.1 Å². The second kappa shape index (κ2) is 5.91. The summed E-state index contributed by atoms with van der Waals surface area (Å²) in [6.07, 6.45) is 0.218. The van der Waals surface area contributed by atoms with Crippen LogP contribution < -0.4 is 5.32 Å². The molecule has 0 amide bonds. The van der Waals surface area contributed by atoms with Gasteiger partial charge < -0.3 is 10.4 Å². The molecule has 0 aromatic carbocycles. The van der Waals surface area contributed by atoms with Gasteiger partial charge in [0.25, 0.3) is 0 Å². The molecule has 0 spiro atoms. The van der Waals surface area contributed by atoms with E-state index in [2.05, 4.69) is 10.3 Å². The zero-order valence-electron chi connectivity index (χ0n) is 11.4. The first-order valence-corrected chi connectivity index (χ1v) is 6.84. The van der Waals surface area contributed by atoms with Gasteiger partial charge in [0, 0.05) is 12.7 Å². The maximum absolute atomic E-state index is 12.4. The van der Waals surface area contributed by atoms with Crippen LogP contribution in [0.5, 0.6) is 0 Å². The molecule has 0 radical (unpaired) electrons. The molecular weight excluding hydrogens is 285 g/mol. The van der Waals surface area contributed by atoms with Crippen molar-refractivity contribution in [2.75, 3.05) is 11.9 Å². The molecule has 0 saturated heterocycles. The van der Waals surface area contributed by atoms with Gasteiger partial charge in [-0.05, 0) is 25.0 Å².